The van der Waals surface area contributed by atoms with Crippen LogP contribution in [0.3, 0.4) is 0 Å². The summed E-state index contributed by atoms with van der Waals surface area (Å²) in [6.07, 6.45) is 11.5. The number of hydrogen-bond donors (Lipinski definition) is 1. The third-order valence-electron chi connectivity index (χ3n) is 6.45. The van der Waals surface area contributed by atoms with E-state index in [0.29, 0.717) is 5.54 Å². The van der Waals surface area contributed by atoms with Gasteiger partial charge >= 0.3 is 0 Å². The zero-order valence-electron chi connectivity index (χ0n) is 13.8. The molecule has 0 aromatic carbocycles. The van der Waals surface area contributed by atoms with E-state index in [1.807, 2.05) is 0 Å². The van der Waals surface area contributed by atoms with Crippen LogP contribution in [0.15, 0.2) is 0 Å². The lowest BCUT2D eigenvalue weighted by Gasteiger charge is -2.52. The maximum atomic E-state index is 3.92. The molecule has 20 heavy (non-hydrogen) atoms. The van der Waals surface area contributed by atoms with Gasteiger partial charge in [0, 0.05) is 30.7 Å². The molecule has 0 bridgehead atoms. The second kappa shape index (κ2) is 5.96. The molecular formula is C18H34N2. The van der Waals surface area contributed by atoms with Gasteiger partial charge in [-0.25, -0.2) is 0 Å². The Bertz CT molecular complexity index is 319. The molecule has 3 rings (SSSR count). The van der Waals surface area contributed by atoms with Crippen LogP contribution in [0.5, 0.6) is 0 Å². The highest BCUT2D eigenvalue weighted by Gasteiger charge is 2.44. The molecule has 2 aliphatic carbocycles. The summed E-state index contributed by atoms with van der Waals surface area (Å²) in [7, 11) is 0. The first kappa shape index (κ1) is 14.8. The normalized spacial score (nSPS) is 38.7. The van der Waals surface area contributed by atoms with Crippen LogP contribution in [0, 0.1) is 11.8 Å². The first-order chi connectivity index (χ1) is 9.61. The summed E-state index contributed by atoms with van der Waals surface area (Å²) in [5, 5.41) is 3.92. The molecular weight excluding hydrogens is 244 g/mol. The fourth-order valence-corrected chi connectivity index (χ4v) is 5.20. The Kier molecular flexibility index (Phi) is 4.42. The van der Waals surface area contributed by atoms with Crippen molar-refractivity contribution >= 4 is 0 Å². The molecule has 0 amide bonds. The Hall–Kier alpha value is -0.0800. The molecule has 2 heteroatoms. The quantitative estimate of drug-likeness (QED) is 0.826. The lowest BCUT2D eigenvalue weighted by atomic mass is 9.75. The van der Waals surface area contributed by atoms with Crippen LogP contribution >= 0.6 is 0 Å². The van der Waals surface area contributed by atoms with Crippen molar-refractivity contribution in [2.45, 2.75) is 89.8 Å². The minimum absolute atomic E-state index is 0.478. The fraction of sp³-hybridized carbons (Fsp3) is 1.00. The summed E-state index contributed by atoms with van der Waals surface area (Å²) in [5.74, 6) is 1.78. The number of nitrogens with one attached hydrogen (secondary N) is 1. The van der Waals surface area contributed by atoms with Crippen molar-refractivity contribution in [2.24, 2.45) is 11.8 Å². The van der Waals surface area contributed by atoms with E-state index in [9.17, 15) is 0 Å². The van der Waals surface area contributed by atoms with Crippen molar-refractivity contribution in [1.29, 1.82) is 0 Å². The number of piperazine rings is 1. The Morgan fingerprint density at radius 1 is 1.05 bits per heavy atom. The van der Waals surface area contributed by atoms with Gasteiger partial charge in [-0.1, -0.05) is 39.5 Å². The van der Waals surface area contributed by atoms with E-state index in [1.54, 1.807) is 0 Å². The Morgan fingerprint density at radius 3 is 2.45 bits per heavy atom. The highest BCUT2D eigenvalue weighted by atomic mass is 15.3. The van der Waals surface area contributed by atoms with Gasteiger partial charge in [0.2, 0.25) is 0 Å². The van der Waals surface area contributed by atoms with Crippen LogP contribution in [0.2, 0.25) is 0 Å². The summed E-state index contributed by atoms with van der Waals surface area (Å²) in [5.41, 5.74) is 0.478. The monoisotopic (exact) mass is 278 g/mol. The van der Waals surface area contributed by atoms with Crippen LogP contribution in [0.25, 0.3) is 0 Å². The molecule has 1 saturated heterocycles. The molecule has 1 heterocycles. The van der Waals surface area contributed by atoms with E-state index >= 15 is 0 Å². The minimum Gasteiger partial charge on any atom is -0.308 e. The van der Waals surface area contributed by atoms with Gasteiger partial charge in [-0.05, 0) is 44.4 Å². The van der Waals surface area contributed by atoms with Gasteiger partial charge in [-0.15, -0.1) is 0 Å². The zero-order chi connectivity index (χ0) is 14.2. The van der Waals surface area contributed by atoms with E-state index in [4.69, 9.17) is 0 Å². The van der Waals surface area contributed by atoms with Crippen LogP contribution in [-0.4, -0.2) is 35.6 Å². The van der Waals surface area contributed by atoms with Crippen molar-refractivity contribution in [3.05, 3.63) is 0 Å². The van der Waals surface area contributed by atoms with E-state index in [-0.39, 0.29) is 0 Å². The SMILES string of the molecule is CC(C)C1CCCCC1N1CC2(CCCC2)NCC1C. The maximum Gasteiger partial charge on any atom is 0.0309 e. The average Bonchev–Trinajstić information content (AvgIpc) is 2.90. The molecule has 1 N–H and O–H groups in total. The molecule has 2 nitrogen and oxygen atoms in total. The third-order valence-corrected chi connectivity index (χ3v) is 6.45. The maximum absolute atomic E-state index is 3.92. The molecule has 0 aromatic heterocycles. The molecule has 3 unspecified atom stereocenters. The number of nitrogens with zero attached hydrogens (tertiary/aromatic N) is 1. The van der Waals surface area contributed by atoms with Gasteiger partial charge in [0.15, 0.2) is 0 Å². The van der Waals surface area contributed by atoms with Crippen molar-refractivity contribution in [2.75, 3.05) is 13.1 Å². The van der Waals surface area contributed by atoms with Crippen LogP contribution in [0.1, 0.15) is 72.1 Å². The van der Waals surface area contributed by atoms with Gasteiger partial charge in [0.1, 0.15) is 0 Å². The van der Waals surface area contributed by atoms with Crippen molar-refractivity contribution in [1.82, 2.24) is 10.2 Å². The standard InChI is InChI=1S/C18H34N2/c1-14(2)16-8-4-5-9-17(16)20-13-18(10-6-7-11-18)19-12-15(20)3/h14-17,19H,4-13H2,1-3H3. The lowest BCUT2D eigenvalue weighted by Crippen LogP contribution is -2.65. The van der Waals surface area contributed by atoms with Gasteiger partial charge in [0.05, 0.1) is 0 Å². The first-order valence-electron chi connectivity index (χ1n) is 9.12. The Labute approximate surface area is 125 Å². The lowest BCUT2D eigenvalue weighted by molar-refractivity contribution is -0.00128. The van der Waals surface area contributed by atoms with E-state index in [1.165, 1.54) is 64.5 Å². The molecule has 3 aliphatic rings. The molecule has 1 spiro atoms. The predicted molar refractivity (Wildman–Crippen MR) is 86.0 cm³/mol. The summed E-state index contributed by atoms with van der Waals surface area (Å²) >= 11 is 0. The van der Waals surface area contributed by atoms with Crippen LogP contribution in [0.4, 0.5) is 0 Å². The molecule has 0 aromatic rings. The molecule has 3 fully saturated rings. The van der Waals surface area contributed by atoms with E-state index < -0.39 is 0 Å². The van der Waals surface area contributed by atoms with E-state index in [0.717, 1.165) is 23.9 Å². The fourth-order valence-electron chi connectivity index (χ4n) is 5.20. The smallest absolute Gasteiger partial charge is 0.0309 e. The van der Waals surface area contributed by atoms with Gasteiger partial charge in [-0.2, -0.15) is 0 Å². The average molecular weight is 278 g/mol. The third kappa shape index (κ3) is 2.78. The molecule has 3 atom stereocenters. The predicted octanol–water partition coefficient (Wildman–Crippen LogP) is 3.81. The molecule has 116 valence electrons. The van der Waals surface area contributed by atoms with E-state index in [2.05, 4.69) is 31.0 Å². The minimum atomic E-state index is 0.478. The topological polar surface area (TPSA) is 15.3 Å². The molecule has 1 aliphatic heterocycles. The first-order valence-corrected chi connectivity index (χ1v) is 9.12. The second-order valence-corrected chi connectivity index (χ2v) is 8.15. The summed E-state index contributed by atoms with van der Waals surface area (Å²) in [6.45, 7) is 9.87. The van der Waals surface area contributed by atoms with Gasteiger partial charge < -0.3 is 5.32 Å². The Balaban J connectivity index is 1.75. The highest BCUT2D eigenvalue weighted by molar-refractivity contribution is 5.02. The van der Waals surface area contributed by atoms with Crippen molar-refractivity contribution < 1.29 is 0 Å². The van der Waals surface area contributed by atoms with Gasteiger partial charge in [0.25, 0.3) is 0 Å². The van der Waals surface area contributed by atoms with Gasteiger partial charge in [-0.3, -0.25) is 4.90 Å². The molecule has 2 saturated carbocycles. The number of hydrogen-bond acceptors (Lipinski definition) is 2. The Morgan fingerprint density at radius 2 is 1.75 bits per heavy atom. The zero-order valence-corrected chi connectivity index (χ0v) is 13.8. The van der Waals surface area contributed by atoms with Crippen molar-refractivity contribution in [3.63, 3.8) is 0 Å². The molecule has 0 radical (unpaired) electrons. The van der Waals surface area contributed by atoms with Crippen LogP contribution < -0.4 is 5.32 Å². The summed E-state index contributed by atoms with van der Waals surface area (Å²) in [4.78, 5) is 2.92. The van der Waals surface area contributed by atoms with Crippen molar-refractivity contribution in [3.8, 4) is 0 Å². The number of rotatable bonds is 2. The largest absolute Gasteiger partial charge is 0.308 e. The summed E-state index contributed by atoms with van der Waals surface area (Å²) in [6, 6.07) is 1.59. The highest BCUT2D eigenvalue weighted by Crippen LogP contribution is 2.39. The second-order valence-electron chi connectivity index (χ2n) is 8.15. The van der Waals surface area contributed by atoms with Crippen LogP contribution in [-0.2, 0) is 0 Å². The summed E-state index contributed by atoms with van der Waals surface area (Å²) < 4.78 is 0.